The summed E-state index contributed by atoms with van der Waals surface area (Å²) < 4.78 is 30.6. The Morgan fingerprint density at radius 1 is 0.773 bits per heavy atom. The van der Waals surface area contributed by atoms with E-state index in [1.54, 1.807) is 0 Å². The summed E-state index contributed by atoms with van der Waals surface area (Å²) >= 11 is 0. The lowest BCUT2D eigenvalue weighted by molar-refractivity contribution is -0.0247. The molecule has 0 aromatic heterocycles. The van der Waals surface area contributed by atoms with Crippen LogP contribution in [-0.2, 0) is 22.3 Å². The number of hydrogen-bond donors (Lipinski definition) is 6. The maximum Gasteiger partial charge on any atom is 0.679 e. The molecule has 0 aromatic rings. The van der Waals surface area contributed by atoms with Gasteiger partial charge in [-0.2, -0.15) is 0 Å². The van der Waals surface area contributed by atoms with Crippen LogP contribution in [0.15, 0.2) is 0 Å². The molecule has 0 atom stereocenters. The van der Waals surface area contributed by atoms with Crippen LogP contribution in [0.25, 0.3) is 0 Å². The predicted octanol–water partition coefficient (Wildman–Crippen LogP) is -1.41. The van der Waals surface area contributed by atoms with Gasteiger partial charge in [0.2, 0.25) is 0 Å². The molecule has 0 saturated heterocycles. The minimum absolute atomic E-state index is 0.548. The Bertz CT molecular complexity index is 236. The normalized spacial score (nSPS) is 11.0. The molecule has 0 rings (SSSR count). The third-order valence-corrected chi connectivity index (χ3v) is 3.85. The van der Waals surface area contributed by atoms with E-state index in [9.17, 15) is 0 Å². The van der Waals surface area contributed by atoms with Crippen molar-refractivity contribution in [3.63, 3.8) is 0 Å². The van der Waals surface area contributed by atoms with E-state index < -0.39 is 24.2 Å². The summed E-state index contributed by atoms with van der Waals surface area (Å²) in [6, 6.07) is 0. The van der Waals surface area contributed by atoms with Crippen LogP contribution in [0.2, 0.25) is 0 Å². The third-order valence-electron chi connectivity index (χ3n) is 1.28. The molecule has 0 aliphatic heterocycles. The maximum atomic E-state index is 8.88. The molecule has 0 fully saturated rings. The first-order valence-electron chi connectivity index (χ1n) is 6.36. The van der Waals surface area contributed by atoms with Gasteiger partial charge in [-0.05, 0) is 27.7 Å². The fraction of sp³-hybridized carbons (Fsp3) is 1.00. The summed E-state index contributed by atoms with van der Waals surface area (Å²) in [4.78, 5) is 21.6. The molecular weight excluding hydrogens is 342 g/mol. The van der Waals surface area contributed by atoms with Crippen molar-refractivity contribution in [2.24, 2.45) is 0 Å². The Kier molecular flexibility index (Phi) is 19.6. The largest absolute Gasteiger partial charge is 0.679 e. The predicted molar refractivity (Wildman–Crippen MR) is 78.9 cm³/mol. The second kappa shape index (κ2) is 16.0. The van der Waals surface area contributed by atoms with Crippen molar-refractivity contribution in [1.82, 2.24) is 0 Å². The lowest BCUT2D eigenvalue weighted by Crippen LogP contribution is -2.49. The van der Waals surface area contributed by atoms with Gasteiger partial charge in [0.25, 0.3) is 0 Å². The smallest absolute Gasteiger partial charge is 0.402 e. The molecule has 22 heavy (non-hydrogen) atoms. The molecule has 0 bridgehead atoms. The molecule has 0 amide bonds. The Morgan fingerprint density at radius 2 is 0.909 bits per heavy atom. The van der Waals surface area contributed by atoms with Gasteiger partial charge >= 0.3 is 24.2 Å². The summed E-state index contributed by atoms with van der Waals surface area (Å²) in [6.07, 6.45) is 0. The highest BCUT2D eigenvalue weighted by molar-refractivity contribution is 7.45. The monoisotopic (exact) mass is 368 g/mol. The van der Waals surface area contributed by atoms with Gasteiger partial charge in [-0.25, -0.2) is 4.57 Å². The molecule has 0 heterocycles. The highest BCUT2D eigenvalue weighted by Crippen LogP contribution is 2.25. The van der Waals surface area contributed by atoms with Crippen LogP contribution < -0.4 is 0 Å². The molecular formula is C8H26BO11PSi. The van der Waals surface area contributed by atoms with Crippen LogP contribution in [0, 0.1) is 0 Å². The van der Waals surface area contributed by atoms with E-state index in [2.05, 4.69) is 0 Å². The molecule has 11 nitrogen and oxygen atoms in total. The zero-order valence-corrected chi connectivity index (χ0v) is 15.0. The molecule has 0 aliphatic carbocycles. The van der Waals surface area contributed by atoms with Gasteiger partial charge in [0, 0.05) is 26.4 Å². The number of phosphoric acid groups is 1. The Hall–Kier alpha value is 0.112. The summed E-state index contributed by atoms with van der Waals surface area (Å²) in [5.41, 5.74) is 0. The Labute approximate surface area is 131 Å². The van der Waals surface area contributed by atoms with E-state index in [0.717, 1.165) is 0 Å². The fourth-order valence-electron chi connectivity index (χ4n) is 0.957. The van der Waals surface area contributed by atoms with E-state index in [1.165, 1.54) is 0 Å². The van der Waals surface area contributed by atoms with Crippen molar-refractivity contribution in [3.05, 3.63) is 0 Å². The van der Waals surface area contributed by atoms with Crippen LogP contribution in [0.1, 0.15) is 27.7 Å². The van der Waals surface area contributed by atoms with Crippen molar-refractivity contribution >= 4 is 24.2 Å². The van der Waals surface area contributed by atoms with E-state index >= 15 is 0 Å². The second-order valence-corrected chi connectivity index (χ2v) is 6.27. The molecule has 136 valence electrons. The van der Waals surface area contributed by atoms with Crippen LogP contribution in [-0.4, -0.2) is 72.5 Å². The molecule has 0 spiro atoms. The minimum atomic E-state index is -4.64. The quantitative estimate of drug-likeness (QED) is 0.219. The highest BCUT2D eigenvalue weighted by atomic mass is 31.2. The summed E-state index contributed by atoms with van der Waals surface area (Å²) in [7, 11) is -9.60. The number of rotatable bonds is 8. The molecule has 0 aromatic carbocycles. The third kappa shape index (κ3) is 28.3. The summed E-state index contributed by atoms with van der Waals surface area (Å²) in [5, 5.41) is 21.5. The molecule has 0 unspecified atom stereocenters. The first kappa shape index (κ1) is 27.0. The van der Waals surface area contributed by atoms with Crippen LogP contribution in [0.4, 0.5) is 0 Å². The fourth-order valence-corrected chi connectivity index (χ4v) is 2.87. The Morgan fingerprint density at radius 3 is 1.00 bits per heavy atom. The van der Waals surface area contributed by atoms with Crippen molar-refractivity contribution in [3.8, 4) is 0 Å². The molecule has 0 aliphatic rings. The van der Waals surface area contributed by atoms with Crippen molar-refractivity contribution in [1.29, 1.82) is 0 Å². The summed E-state index contributed by atoms with van der Waals surface area (Å²) in [6.45, 7) is 9.80. The van der Waals surface area contributed by atoms with Crippen molar-refractivity contribution in [2.75, 3.05) is 26.4 Å². The SMILES string of the molecule is CCO[Si](OCC)(OCC)OCC.O=P(O)(O)O.OB(O)O. The van der Waals surface area contributed by atoms with Gasteiger partial charge in [-0.15, -0.1) is 0 Å². The van der Waals surface area contributed by atoms with Gasteiger partial charge in [-0.1, -0.05) is 0 Å². The highest BCUT2D eigenvalue weighted by Gasteiger charge is 2.44. The maximum absolute atomic E-state index is 8.88. The summed E-state index contributed by atoms with van der Waals surface area (Å²) in [5.74, 6) is 0. The molecule has 6 N–H and O–H groups in total. The molecule has 14 heteroatoms. The molecule has 0 saturated carbocycles. The Balaban J connectivity index is -0.000000330. The van der Waals surface area contributed by atoms with Crippen molar-refractivity contribution < 1.29 is 52.0 Å². The lowest BCUT2D eigenvalue weighted by atomic mass is 10.3. The van der Waals surface area contributed by atoms with E-state index in [1.807, 2.05) is 27.7 Å². The van der Waals surface area contributed by atoms with Crippen LogP contribution in [0.5, 0.6) is 0 Å². The van der Waals surface area contributed by atoms with E-state index in [4.69, 9.17) is 52.0 Å². The topological polar surface area (TPSA) is 175 Å². The van der Waals surface area contributed by atoms with Gasteiger partial charge < -0.3 is 47.5 Å². The lowest BCUT2D eigenvalue weighted by Gasteiger charge is -2.26. The van der Waals surface area contributed by atoms with Gasteiger partial charge in [0.05, 0.1) is 0 Å². The van der Waals surface area contributed by atoms with Crippen LogP contribution in [0.3, 0.4) is 0 Å². The zero-order valence-electron chi connectivity index (χ0n) is 13.1. The van der Waals surface area contributed by atoms with E-state index in [-0.39, 0.29) is 0 Å². The standard InChI is InChI=1S/C8H20O4Si.BH3O3.H3O4P/c1-5-9-13(10-6-2,11-7-3)12-8-4;2-1(3)4;1-5(2,3)4/h5-8H2,1-4H3;2-4H;(H3,1,2,3,4). The van der Waals surface area contributed by atoms with E-state index in [0.29, 0.717) is 26.4 Å². The van der Waals surface area contributed by atoms with Crippen LogP contribution >= 0.6 is 7.82 Å². The average Bonchev–Trinajstić information content (AvgIpc) is 2.27. The zero-order chi connectivity index (χ0) is 18.2. The minimum Gasteiger partial charge on any atom is -0.402 e. The van der Waals surface area contributed by atoms with Gasteiger partial charge in [0.1, 0.15) is 0 Å². The number of hydrogen-bond acceptors (Lipinski definition) is 8. The first-order valence-corrected chi connectivity index (χ1v) is 9.55. The average molecular weight is 368 g/mol. The first-order chi connectivity index (χ1) is 9.97. The van der Waals surface area contributed by atoms with Gasteiger partial charge in [0.15, 0.2) is 0 Å². The molecule has 0 radical (unpaired) electrons. The van der Waals surface area contributed by atoms with Gasteiger partial charge in [-0.3, -0.25) is 0 Å². The van der Waals surface area contributed by atoms with Crippen molar-refractivity contribution in [2.45, 2.75) is 27.7 Å². The second-order valence-electron chi connectivity index (χ2n) is 3.09.